The fourth-order valence-corrected chi connectivity index (χ4v) is 1.94. The smallest absolute Gasteiger partial charge is 0.287 e. The van der Waals surface area contributed by atoms with Gasteiger partial charge in [0, 0.05) is 11.6 Å². The molecular weight excluding hydrogens is 284 g/mol. The molecule has 0 aliphatic heterocycles. The second kappa shape index (κ2) is 6.31. The van der Waals surface area contributed by atoms with Gasteiger partial charge in [-0.25, -0.2) is 0 Å². The van der Waals surface area contributed by atoms with E-state index in [1.165, 1.54) is 24.3 Å². The van der Waals surface area contributed by atoms with Crippen molar-refractivity contribution in [1.29, 1.82) is 5.26 Å². The van der Waals surface area contributed by atoms with Gasteiger partial charge in [-0.05, 0) is 12.5 Å². The highest BCUT2D eigenvalue weighted by atomic mass is 19.3. The molecule has 0 N–H and O–H groups in total. The van der Waals surface area contributed by atoms with Gasteiger partial charge in [0.15, 0.2) is 0 Å². The molecule has 0 aliphatic rings. The average molecular weight is 297 g/mol. The molecule has 2 nitrogen and oxygen atoms in total. The Balaban J connectivity index is 2.37. The van der Waals surface area contributed by atoms with Crippen LogP contribution in [0.2, 0.25) is 0 Å². The Morgan fingerprint density at radius 3 is 2.18 bits per heavy atom. The normalized spacial score (nSPS) is 11.8. The first-order valence-electron chi connectivity index (χ1n) is 6.62. The standard InChI is InChI=1S/C18H13F2NO/c1-13-7-9-14(10-8-13)16(12-21)11-18(19,20)17(22)15-5-3-2-4-6-15/h2-11H,1H3/b16-11-. The lowest BCUT2D eigenvalue weighted by Gasteiger charge is -2.11. The van der Waals surface area contributed by atoms with Gasteiger partial charge >= 0.3 is 5.92 Å². The third kappa shape index (κ3) is 3.44. The van der Waals surface area contributed by atoms with Crippen LogP contribution in [0.4, 0.5) is 8.78 Å². The Bertz CT molecular complexity index is 741. The maximum atomic E-state index is 14.1. The van der Waals surface area contributed by atoms with Crippen molar-refractivity contribution < 1.29 is 13.6 Å². The minimum atomic E-state index is -3.74. The van der Waals surface area contributed by atoms with E-state index in [1.54, 1.807) is 36.4 Å². The number of aryl methyl sites for hydroxylation is 1. The van der Waals surface area contributed by atoms with Crippen molar-refractivity contribution in [3.8, 4) is 6.07 Å². The summed E-state index contributed by atoms with van der Waals surface area (Å²) >= 11 is 0. The van der Waals surface area contributed by atoms with Crippen molar-refractivity contribution in [3.63, 3.8) is 0 Å². The number of carbonyl (C=O) groups excluding carboxylic acids is 1. The number of rotatable bonds is 4. The molecular formula is C18H13F2NO. The third-order valence-electron chi connectivity index (χ3n) is 3.15. The maximum Gasteiger partial charge on any atom is 0.329 e. The van der Waals surface area contributed by atoms with E-state index < -0.39 is 11.7 Å². The molecule has 0 saturated heterocycles. The number of nitrogens with zero attached hydrogens (tertiary/aromatic N) is 1. The zero-order valence-corrected chi connectivity index (χ0v) is 11.9. The summed E-state index contributed by atoms with van der Waals surface area (Å²) in [6, 6.07) is 15.6. The van der Waals surface area contributed by atoms with Gasteiger partial charge in [-0.1, -0.05) is 60.2 Å². The zero-order valence-electron chi connectivity index (χ0n) is 11.9. The molecule has 4 heteroatoms. The van der Waals surface area contributed by atoms with E-state index in [0.717, 1.165) is 5.56 Å². The van der Waals surface area contributed by atoms with Crippen LogP contribution in [0.5, 0.6) is 0 Å². The highest BCUT2D eigenvalue weighted by molar-refractivity contribution is 6.03. The molecule has 0 heterocycles. The van der Waals surface area contributed by atoms with Crippen molar-refractivity contribution >= 4 is 11.4 Å². The Morgan fingerprint density at radius 1 is 1.05 bits per heavy atom. The van der Waals surface area contributed by atoms with Gasteiger partial charge in [-0.3, -0.25) is 4.79 Å². The molecule has 0 fully saturated rings. The number of ketones is 1. The van der Waals surface area contributed by atoms with Gasteiger partial charge in [0.1, 0.15) is 0 Å². The fraction of sp³-hybridized carbons (Fsp3) is 0.111. The first-order valence-corrected chi connectivity index (χ1v) is 6.62. The van der Waals surface area contributed by atoms with Gasteiger partial charge in [0.25, 0.3) is 0 Å². The van der Waals surface area contributed by atoms with Crippen LogP contribution in [-0.2, 0) is 0 Å². The summed E-state index contributed by atoms with van der Waals surface area (Å²) in [5, 5.41) is 9.10. The van der Waals surface area contributed by atoms with Crippen molar-refractivity contribution in [3.05, 3.63) is 77.4 Å². The van der Waals surface area contributed by atoms with Gasteiger partial charge in [-0.2, -0.15) is 14.0 Å². The van der Waals surface area contributed by atoms with E-state index in [0.29, 0.717) is 11.6 Å². The monoisotopic (exact) mass is 297 g/mol. The minimum absolute atomic E-state index is 0.0926. The van der Waals surface area contributed by atoms with Crippen LogP contribution in [-0.4, -0.2) is 11.7 Å². The number of allylic oxidation sites excluding steroid dienone is 2. The van der Waals surface area contributed by atoms with E-state index >= 15 is 0 Å². The van der Waals surface area contributed by atoms with Crippen LogP contribution in [0, 0.1) is 18.3 Å². The summed E-state index contributed by atoms with van der Waals surface area (Å²) in [5.74, 6) is -5.06. The number of benzene rings is 2. The molecule has 2 rings (SSSR count). The Morgan fingerprint density at radius 2 is 1.64 bits per heavy atom. The molecule has 0 radical (unpaired) electrons. The summed E-state index contributed by atoms with van der Waals surface area (Å²) in [5.41, 5.74) is 0.987. The van der Waals surface area contributed by atoms with E-state index in [1.807, 2.05) is 6.92 Å². The molecule has 0 aliphatic carbocycles. The van der Waals surface area contributed by atoms with Crippen LogP contribution >= 0.6 is 0 Å². The van der Waals surface area contributed by atoms with Gasteiger partial charge in [0.05, 0.1) is 11.6 Å². The lowest BCUT2D eigenvalue weighted by atomic mass is 9.99. The predicted molar refractivity (Wildman–Crippen MR) is 80.5 cm³/mol. The summed E-state index contributed by atoms with van der Waals surface area (Å²) < 4.78 is 28.3. The fourth-order valence-electron chi connectivity index (χ4n) is 1.94. The van der Waals surface area contributed by atoms with Crippen LogP contribution in [0.15, 0.2) is 60.7 Å². The first kappa shape index (κ1) is 15.6. The average Bonchev–Trinajstić information content (AvgIpc) is 2.53. The number of nitriles is 1. The van der Waals surface area contributed by atoms with Crippen molar-refractivity contribution in [1.82, 2.24) is 0 Å². The van der Waals surface area contributed by atoms with E-state index in [2.05, 4.69) is 0 Å². The molecule has 0 bridgehead atoms. The lowest BCUT2D eigenvalue weighted by Crippen LogP contribution is -2.26. The second-order valence-corrected chi connectivity index (χ2v) is 4.85. The van der Waals surface area contributed by atoms with Crippen LogP contribution < -0.4 is 0 Å². The minimum Gasteiger partial charge on any atom is -0.287 e. The number of Topliss-reactive ketones (excluding diaryl/α,β-unsaturated/α-hetero) is 1. The van der Waals surface area contributed by atoms with Crippen LogP contribution in [0.3, 0.4) is 0 Å². The number of carbonyl (C=O) groups is 1. The molecule has 22 heavy (non-hydrogen) atoms. The second-order valence-electron chi connectivity index (χ2n) is 4.85. The zero-order chi connectivity index (χ0) is 16.2. The van der Waals surface area contributed by atoms with Crippen molar-refractivity contribution in [2.75, 3.05) is 0 Å². The topological polar surface area (TPSA) is 40.9 Å². The molecule has 0 saturated carbocycles. The number of alkyl halides is 2. The molecule has 110 valence electrons. The Labute approximate surface area is 127 Å². The Hall–Kier alpha value is -2.80. The summed E-state index contributed by atoms with van der Waals surface area (Å²) in [6.07, 6.45) is 0.424. The molecule has 0 unspecified atom stereocenters. The van der Waals surface area contributed by atoms with Crippen LogP contribution in [0.1, 0.15) is 21.5 Å². The van der Waals surface area contributed by atoms with Gasteiger partial charge in [0.2, 0.25) is 5.78 Å². The quantitative estimate of drug-likeness (QED) is 0.619. The predicted octanol–water partition coefficient (Wildman–Crippen LogP) is 4.42. The van der Waals surface area contributed by atoms with Crippen molar-refractivity contribution in [2.24, 2.45) is 0 Å². The molecule has 0 spiro atoms. The maximum absolute atomic E-state index is 14.1. The lowest BCUT2D eigenvalue weighted by molar-refractivity contribution is 0.0384. The largest absolute Gasteiger partial charge is 0.329 e. The van der Waals surface area contributed by atoms with Gasteiger partial charge in [-0.15, -0.1) is 0 Å². The molecule has 0 amide bonds. The molecule has 2 aromatic rings. The van der Waals surface area contributed by atoms with E-state index in [4.69, 9.17) is 5.26 Å². The third-order valence-corrected chi connectivity index (χ3v) is 3.15. The Kier molecular flexibility index (Phi) is 4.47. The SMILES string of the molecule is Cc1ccc(/C(C#N)=C\C(F)(F)C(=O)c2ccccc2)cc1. The summed E-state index contributed by atoms with van der Waals surface area (Å²) in [7, 11) is 0. The molecule has 0 atom stereocenters. The highest BCUT2D eigenvalue weighted by Gasteiger charge is 2.37. The molecule has 2 aromatic carbocycles. The summed E-state index contributed by atoms with van der Waals surface area (Å²) in [6.45, 7) is 1.85. The number of halogens is 2. The molecule has 0 aromatic heterocycles. The first-order chi connectivity index (χ1) is 10.4. The van der Waals surface area contributed by atoms with E-state index in [-0.39, 0.29) is 11.1 Å². The van der Waals surface area contributed by atoms with Crippen molar-refractivity contribution in [2.45, 2.75) is 12.8 Å². The highest BCUT2D eigenvalue weighted by Crippen LogP contribution is 2.26. The van der Waals surface area contributed by atoms with E-state index in [9.17, 15) is 13.6 Å². The summed E-state index contributed by atoms with van der Waals surface area (Å²) in [4.78, 5) is 11.9. The van der Waals surface area contributed by atoms with Gasteiger partial charge < -0.3 is 0 Å². The number of hydrogen-bond donors (Lipinski definition) is 0. The van der Waals surface area contributed by atoms with Crippen LogP contribution in [0.25, 0.3) is 5.57 Å². The number of hydrogen-bond acceptors (Lipinski definition) is 2.